The monoisotopic (exact) mass is 460 g/mol. The molecule has 0 radical (unpaired) electrons. The number of aromatic nitrogens is 1. The fraction of sp³-hybridized carbons (Fsp3) is 0.400. The lowest BCUT2D eigenvalue weighted by molar-refractivity contribution is -0.137. The molecule has 0 aliphatic heterocycles. The van der Waals surface area contributed by atoms with Crippen molar-refractivity contribution in [3.63, 3.8) is 0 Å². The molecule has 1 saturated carbocycles. The number of hydrogen-bond acceptors (Lipinski definition) is 4. The van der Waals surface area contributed by atoms with E-state index >= 15 is 0 Å². The highest BCUT2D eigenvalue weighted by Crippen LogP contribution is 2.32. The second-order valence-corrected chi connectivity index (χ2v) is 9.79. The number of halogens is 4. The van der Waals surface area contributed by atoms with Crippen LogP contribution >= 0.6 is 11.6 Å². The average Bonchev–Trinajstić information content (AvgIpc) is 2.69. The van der Waals surface area contributed by atoms with Crippen LogP contribution in [0.3, 0.4) is 0 Å². The van der Waals surface area contributed by atoms with Gasteiger partial charge in [-0.1, -0.05) is 17.7 Å². The van der Waals surface area contributed by atoms with Crippen LogP contribution in [-0.4, -0.2) is 31.1 Å². The van der Waals surface area contributed by atoms with Gasteiger partial charge >= 0.3 is 6.18 Å². The molecule has 10 heteroatoms. The van der Waals surface area contributed by atoms with E-state index in [-0.39, 0.29) is 33.7 Å². The third-order valence-electron chi connectivity index (χ3n) is 5.15. The summed E-state index contributed by atoms with van der Waals surface area (Å²) in [6, 6.07) is 6.74. The number of alkyl halides is 3. The van der Waals surface area contributed by atoms with Crippen molar-refractivity contribution in [3.8, 4) is 0 Å². The Hall–Kier alpha value is -2.13. The molecule has 0 spiro atoms. The van der Waals surface area contributed by atoms with Crippen LogP contribution in [0.2, 0.25) is 5.15 Å². The maximum Gasteiger partial charge on any atom is 0.416 e. The Morgan fingerprint density at radius 1 is 1.13 bits per heavy atom. The van der Waals surface area contributed by atoms with Crippen LogP contribution in [0, 0.1) is 5.92 Å². The van der Waals surface area contributed by atoms with E-state index in [2.05, 4.69) is 10.3 Å². The molecule has 0 unspecified atom stereocenters. The van der Waals surface area contributed by atoms with E-state index in [9.17, 15) is 26.4 Å². The fourth-order valence-electron chi connectivity index (χ4n) is 3.56. The number of benzene rings is 1. The molecule has 3 rings (SSSR count). The average molecular weight is 461 g/mol. The van der Waals surface area contributed by atoms with Crippen molar-refractivity contribution in [1.82, 2.24) is 10.3 Å². The van der Waals surface area contributed by atoms with E-state index in [0.717, 1.165) is 12.1 Å². The second kappa shape index (κ2) is 8.93. The van der Waals surface area contributed by atoms with Gasteiger partial charge in [0.05, 0.1) is 16.2 Å². The summed E-state index contributed by atoms with van der Waals surface area (Å²) in [7, 11) is -3.84. The summed E-state index contributed by atoms with van der Waals surface area (Å²) in [5, 5.41) is 3.12. The van der Waals surface area contributed by atoms with Crippen molar-refractivity contribution in [3.05, 3.63) is 58.9 Å². The molecule has 1 fully saturated rings. The first kappa shape index (κ1) is 22.6. The lowest BCUT2D eigenvalue weighted by Crippen LogP contribution is -2.38. The van der Waals surface area contributed by atoms with Crippen LogP contribution in [0.15, 0.2) is 47.5 Å². The summed E-state index contributed by atoms with van der Waals surface area (Å²) >= 11 is 5.79. The van der Waals surface area contributed by atoms with E-state index in [0.29, 0.717) is 37.3 Å². The second-order valence-electron chi connectivity index (χ2n) is 7.37. The highest BCUT2D eigenvalue weighted by molar-refractivity contribution is 7.91. The number of carbonyl (C=O) groups excluding carboxylic acids is 1. The molecule has 1 aromatic carbocycles. The van der Waals surface area contributed by atoms with Gasteiger partial charge < -0.3 is 5.32 Å². The largest absolute Gasteiger partial charge is 0.416 e. The number of pyridine rings is 1. The molecule has 162 valence electrons. The number of nitrogens with one attached hydrogen (secondary N) is 1. The summed E-state index contributed by atoms with van der Waals surface area (Å²) in [6.07, 6.45) is -0.866. The first-order valence-corrected chi connectivity index (χ1v) is 11.4. The van der Waals surface area contributed by atoms with Crippen LogP contribution in [-0.2, 0) is 16.0 Å². The molecule has 5 nitrogen and oxygen atoms in total. The van der Waals surface area contributed by atoms with Crippen molar-refractivity contribution in [1.29, 1.82) is 0 Å². The predicted molar refractivity (Wildman–Crippen MR) is 106 cm³/mol. The Bertz CT molecular complexity index is 1020. The van der Waals surface area contributed by atoms with Gasteiger partial charge in [-0.25, -0.2) is 13.4 Å². The van der Waals surface area contributed by atoms with E-state index in [1.54, 1.807) is 6.07 Å². The Labute approximate surface area is 177 Å². The maximum atomic E-state index is 12.9. The van der Waals surface area contributed by atoms with Crippen molar-refractivity contribution in [2.45, 2.75) is 42.8 Å². The summed E-state index contributed by atoms with van der Waals surface area (Å²) in [5.74, 6) is -0.665. The van der Waals surface area contributed by atoms with Gasteiger partial charge in [0.15, 0.2) is 9.84 Å². The normalized spacial score (nSPS) is 20.0. The molecule has 30 heavy (non-hydrogen) atoms. The number of nitrogens with zero attached hydrogens (tertiary/aromatic N) is 1. The minimum absolute atomic E-state index is 0.100. The Morgan fingerprint density at radius 3 is 2.47 bits per heavy atom. The van der Waals surface area contributed by atoms with Crippen LogP contribution < -0.4 is 5.32 Å². The standard InChI is InChI=1S/C20H20ClF3N2O3S/c21-18-10-14(8-9-25-18)19(27)26-16-6-4-13(5-7-16)12-30(28,29)17-3-1-2-15(11-17)20(22,23)24/h1-3,8-11,13,16H,4-7,12H2,(H,26,27). The van der Waals surface area contributed by atoms with Crippen molar-refractivity contribution < 1.29 is 26.4 Å². The number of carbonyl (C=O) groups is 1. The lowest BCUT2D eigenvalue weighted by atomic mass is 9.87. The number of rotatable bonds is 5. The molecule has 0 atom stereocenters. The Kier molecular flexibility index (Phi) is 6.71. The third kappa shape index (κ3) is 5.72. The first-order chi connectivity index (χ1) is 14.0. The molecule has 1 aliphatic carbocycles. The molecular weight excluding hydrogens is 441 g/mol. The summed E-state index contributed by atoms with van der Waals surface area (Å²) in [4.78, 5) is 15.8. The minimum atomic E-state index is -4.60. The quantitative estimate of drug-likeness (QED) is 0.666. The number of amides is 1. The molecule has 1 amide bonds. The topological polar surface area (TPSA) is 76.1 Å². The predicted octanol–water partition coefficient (Wildman–Crippen LogP) is 4.52. The van der Waals surface area contributed by atoms with Gasteiger partial charge in [-0.05, 0) is 61.9 Å². The van der Waals surface area contributed by atoms with E-state index in [1.807, 2.05) is 0 Å². The van der Waals surface area contributed by atoms with Gasteiger partial charge in [0.2, 0.25) is 0 Å². The summed E-state index contributed by atoms with van der Waals surface area (Å²) < 4.78 is 63.8. The van der Waals surface area contributed by atoms with Crippen molar-refractivity contribution in [2.24, 2.45) is 5.92 Å². The van der Waals surface area contributed by atoms with Crippen molar-refractivity contribution >= 4 is 27.3 Å². The molecule has 0 saturated heterocycles. The van der Waals surface area contributed by atoms with Gasteiger partial charge in [-0.3, -0.25) is 4.79 Å². The Balaban J connectivity index is 1.57. The summed E-state index contributed by atoms with van der Waals surface area (Å²) in [6.45, 7) is 0. The molecule has 1 aliphatic rings. The SMILES string of the molecule is O=C(NC1CCC(CS(=O)(=O)c2cccc(C(F)(F)F)c2)CC1)c1ccnc(Cl)c1. The Morgan fingerprint density at radius 2 is 1.83 bits per heavy atom. The maximum absolute atomic E-state index is 12.9. The van der Waals surface area contributed by atoms with Gasteiger partial charge in [0.25, 0.3) is 5.91 Å². The first-order valence-electron chi connectivity index (χ1n) is 9.37. The molecular formula is C20H20ClF3N2O3S. The molecule has 1 N–H and O–H groups in total. The molecule has 1 aromatic heterocycles. The zero-order valence-electron chi connectivity index (χ0n) is 15.8. The van der Waals surface area contributed by atoms with Crippen molar-refractivity contribution in [2.75, 3.05) is 5.75 Å². The van der Waals surface area contributed by atoms with Crippen LogP contribution in [0.5, 0.6) is 0 Å². The van der Waals surface area contributed by atoms with E-state index in [4.69, 9.17) is 11.6 Å². The van der Waals surface area contributed by atoms with Crippen LogP contribution in [0.1, 0.15) is 41.6 Å². The van der Waals surface area contributed by atoms with Crippen LogP contribution in [0.4, 0.5) is 13.2 Å². The fourth-order valence-corrected chi connectivity index (χ4v) is 5.47. The zero-order chi connectivity index (χ0) is 21.9. The molecule has 2 aromatic rings. The zero-order valence-corrected chi connectivity index (χ0v) is 17.4. The smallest absolute Gasteiger partial charge is 0.349 e. The lowest BCUT2D eigenvalue weighted by Gasteiger charge is -2.29. The van der Waals surface area contributed by atoms with Gasteiger partial charge in [0.1, 0.15) is 5.15 Å². The molecule has 0 bridgehead atoms. The van der Waals surface area contributed by atoms with Gasteiger partial charge in [0, 0.05) is 17.8 Å². The van der Waals surface area contributed by atoms with E-state index < -0.39 is 21.6 Å². The number of hydrogen-bond donors (Lipinski definition) is 1. The number of sulfone groups is 1. The van der Waals surface area contributed by atoms with Gasteiger partial charge in [-0.15, -0.1) is 0 Å². The highest BCUT2D eigenvalue weighted by Gasteiger charge is 2.33. The third-order valence-corrected chi connectivity index (χ3v) is 7.24. The van der Waals surface area contributed by atoms with Crippen LogP contribution in [0.25, 0.3) is 0 Å². The van der Waals surface area contributed by atoms with Gasteiger partial charge in [-0.2, -0.15) is 13.2 Å². The minimum Gasteiger partial charge on any atom is -0.349 e. The highest BCUT2D eigenvalue weighted by atomic mass is 35.5. The molecule has 1 heterocycles. The van der Waals surface area contributed by atoms with E-state index in [1.165, 1.54) is 18.3 Å². The summed E-state index contributed by atoms with van der Waals surface area (Å²) in [5.41, 5.74) is -0.588.